The number of hydrogen-bond donors (Lipinski definition) is 2. The molecule has 0 bridgehead atoms. The van der Waals surface area contributed by atoms with Gasteiger partial charge in [-0.2, -0.15) is 4.98 Å². The summed E-state index contributed by atoms with van der Waals surface area (Å²) in [7, 11) is 0. The molecule has 5 nitrogen and oxygen atoms in total. The number of hydrogen-bond acceptors (Lipinski definition) is 5. The van der Waals surface area contributed by atoms with E-state index in [9.17, 15) is 0 Å². The van der Waals surface area contributed by atoms with Crippen molar-refractivity contribution in [3.63, 3.8) is 0 Å². The van der Waals surface area contributed by atoms with E-state index in [0.29, 0.717) is 12.0 Å². The molecule has 5 heteroatoms. The fourth-order valence-electron chi connectivity index (χ4n) is 3.24. The lowest BCUT2D eigenvalue weighted by molar-refractivity contribution is 0.866. The van der Waals surface area contributed by atoms with Crippen molar-refractivity contribution in [2.45, 2.75) is 32.7 Å². The number of rotatable bonds is 8. The lowest BCUT2D eigenvalue weighted by Gasteiger charge is -2.21. The van der Waals surface area contributed by atoms with E-state index in [1.54, 1.807) is 0 Å². The van der Waals surface area contributed by atoms with Crippen molar-refractivity contribution in [1.29, 1.82) is 0 Å². The van der Waals surface area contributed by atoms with Gasteiger partial charge in [-0.05, 0) is 51.0 Å². The van der Waals surface area contributed by atoms with Gasteiger partial charge in [0.2, 0.25) is 5.95 Å². The predicted molar refractivity (Wildman–Crippen MR) is 117 cm³/mol. The molecule has 0 aliphatic heterocycles. The minimum absolute atomic E-state index is 0.507. The average molecular weight is 374 g/mol. The van der Waals surface area contributed by atoms with Crippen LogP contribution < -0.4 is 15.5 Å². The summed E-state index contributed by atoms with van der Waals surface area (Å²) in [5, 5.41) is 6.86. The van der Waals surface area contributed by atoms with Gasteiger partial charge < -0.3 is 15.5 Å². The molecule has 144 valence electrons. The van der Waals surface area contributed by atoms with Gasteiger partial charge in [-0.3, -0.25) is 0 Å². The van der Waals surface area contributed by atoms with Crippen molar-refractivity contribution in [3.05, 3.63) is 60.7 Å². The highest BCUT2D eigenvalue weighted by molar-refractivity contribution is 5.68. The van der Waals surface area contributed by atoms with E-state index >= 15 is 0 Å². The van der Waals surface area contributed by atoms with Crippen molar-refractivity contribution >= 4 is 23.1 Å². The Hall–Kier alpha value is -3.08. The maximum absolute atomic E-state index is 4.72. The fraction of sp³-hybridized carbons (Fsp3) is 0.304. The molecule has 1 saturated carbocycles. The molecule has 0 spiro atoms. The molecular weight excluding hydrogens is 346 g/mol. The van der Waals surface area contributed by atoms with Gasteiger partial charge in [0.15, 0.2) is 0 Å². The van der Waals surface area contributed by atoms with E-state index in [-0.39, 0.29) is 0 Å². The van der Waals surface area contributed by atoms with Gasteiger partial charge in [-0.15, -0.1) is 0 Å². The zero-order valence-electron chi connectivity index (χ0n) is 16.5. The van der Waals surface area contributed by atoms with Gasteiger partial charge in [0, 0.05) is 42.1 Å². The Bertz CT molecular complexity index is 900. The fourth-order valence-corrected chi connectivity index (χ4v) is 3.24. The molecule has 1 aliphatic rings. The molecule has 0 amide bonds. The SMILES string of the molecule is CCN(CC)c1ccc(Nc2cc(-c3ccccc3)nc(NC3CC3)n2)cc1. The first-order valence-electron chi connectivity index (χ1n) is 10.1. The van der Waals surface area contributed by atoms with Gasteiger partial charge in [-0.25, -0.2) is 4.98 Å². The molecule has 1 aromatic heterocycles. The standard InChI is InChI=1S/C23H27N5/c1-3-28(4-2)20-14-12-18(13-15-20)24-22-16-21(17-8-6-5-7-9-17)26-23(27-22)25-19-10-11-19/h5-9,12-16,19H,3-4,10-11H2,1-2H3,(H2,24,25,26,27). The van der Waals surface area contributed by atoms with Gasteiger partial charge in [0.05, 0.1) is 5.69 Å². The molecule has 4 rings (SSSR count). The Morgan fingerprint density at radius 2 is 1.64 bits per heavy atom. The number of benzene rings is 2. The van der Waals surface area contributed by atoms with Crippen molar-refractivity contribution in [2.75, 3.05) is 28.6 Å². The number of anilines is 4. The highest BCUT2D eigenvalue weighted by Gasteiger charge is 2.22. The maximum atomic E-state index is 4.72. The molecular formula is C23H27N5. The van der Waals surface area contributed by atoms with Crippen LogP contribution in [0.5, 0.6) is 0 Å². The van der Waals surface area contributed by atoms with Crippen LogP contribution in [-0.2, 0) is 0 Å². The van der Waals surface area contributed by atoms with Crippen molar-refractivity contribution in [1.82, 2.24) is 9.97 Å². The molecule has 2 N–H and O–H groups in total. The summed E-state index contributed by atoms with van der Waals surface area (Å²) in [6.07, 6.45) is 2.38. The molecule has 0 radical (unpaired) electrons. The molecule has 1 aliphatic carbocycles. The highest BCUT2D eigenvalue weighted by atomic mass is 15.2. The van der Waals surface area contributed by atoms with E-state index in [0.717, 1.165) is 35.9 Å². The normalized spacial score (nSPS) is 13.2. The van der Waals surface area contributed by atoms with Crippen LogP contribution in [-0.4, -0.2) is 29.1 Å². The smallest absolute Gasteiger partial charge is 0.225 e. The van der Waals surface area contributed by atoms with E-state index in [4.69, 9.17) is 4.98 Å². The third kappa shape index (κ3) is 4.42. The maximum Gasteiger partial charge on any atom is 0.225 e. The van der Waals surface area contributed by atoms with Crippen LogP contribution in [0.4, 0.5) is 23.1 Å². The van der Waals surface area contributed by atoms with E-state index < -0.39 is 0 Å². The molecule has 0 saturated heterocycles. The average Bonchev–Trinajstić information content (AvgIpc) is 3.55. The highest BCUT2D eigenvalue weighted by Crippen LogP contribution is 2.28. The zero-order chi connectivity index (χ0) is 19.3. The summed E-state index contributed by atoms with van der Waals surface area (Å²) in [5.74, 6) is 1.48. The lowest BCUT2D eigenvalue weighted by atomic mass is 10.1. The number of nitrogens with one attached hydrogen (secondary N) is 2. The first-order chi connectivity index (χ1) is 13.7. The third-order valence-electron chi connectivity index (χ3n) is 4.97. The van der Waals surface area contributed by atoms with Crippen LogP contribution in [0.2, 0.25) is 0 Å². The topological polar surface area (TPSA) is 53.1 Å². The summed E-state index contributed by atoms with van der Waals surface area (Å²) >= 11 is 0. The Morgan fingerprint density at radius 3 is 2.29 bits per heavy atom. The first-order valence-corrected chi connectivity index (χ1v) is 10.1. The summed E-state index contributed by atoms with van der Waals surface area (Å²) in [5.41, 5.74) is 4.26. The van der Waals surface area contributed by atoms with Crippen molar-refractivity contribution in [3.8, 4) is 11.3 Å². The summed E-state index contributed by atoms with van der Waals surface area (Å²) in [6, 6.07) is 21.3. The van der Waals surface area contributed by atoms with E-state index in [1.807, 2.05) is 24.3 Å². The Kier molecular flexibility index (Phi) is 5.42. The van der Waals surface area contributed by atoms with Gasteiger partial charge in [0.25, 0.3) is 0 Å². The Balaban J connectivity index is 1.59. The van der Waals surface area contributed by atoms with Gasteiger partial charge in [0.1, 0.15) is 5.82 Å². The molecule has 0 unspecified atom stereocenters. The predicted octanol–water partition coefficient (Wildman–Crippen LogP) is 5.31. The van der Waals surface area contributed by atoms with Crippen molar-refractivity contribution < 1.29 is 0 Å². The van der Waals surface area contributed by atoms with E-state index in [2.05, 4.69) is 70.8 Å². The Labute approximate surface area is 166 Å². The molecule has 1 heterocycles. The molecule has 1 fully saturated rings. The minimum atomic E-state index is 0.507. The lowest BCUT2D eigenvalue weighted by Crippen LogP contribution is -2.21. The van der Waals surface area contributed by atoms with E-state index in [1.165, 1.54) is 18.5 Å². The third-order valence-corrected chi connectivity index (χ3v) is 4.97. The molecule has 28 heavy (non-hydrogen) atoms. The monoisotopic (exact) mass is 373 g/mol. The van der Waals surface area contributed by atoms with Crippen LogP contribution in [0.25, 0.3) is 11.3 Å². The molecule has 3 aromatic rings. The van der Waals surface area contributed by atoms with Crippen LogP contribution in [0, 0.1) is 0 Å². The number of aromatic nitrogens is 2. The second-order valence-corrected chi connectivity index (χ2v) is 7.09. The second kappa shape index (κ2) is 8.30. The van der Waals surface area contributed by atoms with Crippen molar-refractivity contribution in [2.24, 2.45) is 0 Å². The van der Waals surface area contributed by atoms with Crippen LogP contribution in [0.15, 0.2) is 60.7 Å². The van der Waals surface area contributed by atoms with Gasteiger partial charge >= 0.3 is 0 Å². The number of nitrogens with zero attached hydrogens (tertiary/aromatic N) is 3. The quantitative estimate of drug-likeness (QED) is 0.560. The zero-order valence-corrected chi connectivity index (χ0v) is 16.5. The van der Waals surface area contributed by atoms with Crippen LogP contribution in [0.1, 0.15) is 26.7 Å². The second-order valence-electron chi connectivity index (χ2n) is 7.09. The van der Waals surface area contributed by atoms with Gasteiger partial charge in [-0.1, -0.05) is 30.3 Å². The first kappa shape index (κ1) is 18.3. The molecule has 2 aromatic carbocycles. The molecule has 0 atom stereocenters. The minimum Gasteiger partial charge on any atom is -0.372 e. The summed E-state index contributed by atoms with van der Waals surface area (Å²) < 4.78 is 0. The Morgan fingerprint density at radius 1 is 0.929 bits per heavy atom. The van der Waals surface area contributed by atoms with Crippen LogP contribution >= 0.6 is 0 Å². The summed E-state index contributed by atoms with van der Waals surface area (Å²) in [6.45, 7) is 6.36. The summed E-state index contributed by atoms with van der Waals surface area (Å²) in [4.78, 5) is 11.7. The van der Waals surface area contributed by atoms with Crippen LogP contribution in [0.3, 0.4) is 0 Å². The largest absolute Gasteiger partial charge is 0.372 e.